The number of hydrogen-bond acceptors (Lipinski definition) is 10. The van der Waals surface area contributed by atoms with Crippen LogP contribution in [0.4, 0.5) is 0 Å². The van der Waals surface area contributed by atoms with Crippen LogP contribution in [0.3, 0.4) is 0 Å². The number of nitrogens with one attached hydrogen (secondary N) is 3. The number of methoxy groups -OCH3 is 1. The molecule has 14 heteroatoms. The maximum absolute atomic E-state index is 12.3. The Kier molecular flexibility index (Phi) is 12.9. The number of carboxylic acid groups (broad SMARTS) is 1. The predicted molar refractivity (Wildman–Crippen MR) is 137 cm³/mol. The monoisotopic (exact) mass is 581 g/mol. The first-order valence-electron chi connectivity index (χ1n) is 12.4. The molecule has 41 heavy (non-hydrogen) atoms. The van der Waals surface area contributed by atoms with E-state index in [1.807, 2.05) is 42.5 Å². The molecule has 6 atom stereocenters. The van der Waals surface area contributed by atoms with Gasteiger partial charge in [-0.15, -0.1) is 0 Å². The zero-order valence-corrected chi connectivity index (χ0v) is 24.9. The molecule has 3 amide bonds. The van der Waals surface area contributed by atoms with Gasteiger partial charge in [-0.2, -0.15) is 0 Å². The van der Waals surface area contributed by atoms with Crippen molar-refractivity contribution in [3.63, 3.8) is 0 Å². The third-order valence-corrected chi connectivity index (χ3v) is 6.51. The molecule has 1 fully saturated rings. The van der Waals surface area contributed by atoms with Gasteiger partial charge in [0.2, 0.25) is 11.7 Å². The van der Waals surface area contributed by atoms with Crippen molar-refractivity contribution >= 4 is 23.7 Å². The summed E-state index contributed by atoms with van der Waals surface area (Å²) in [5.41, 5.74) is 2.75. The Morgan fingerprint density at radius 3 is 2.17 bits per heavy atom. The van der Waals surface area contributed by atoms with Gasteiger partial charge in [0.1, 0.15) is 18.2 Å². The molecule has 3 rings (SSSR count). The number of ether oxygens (including phenoxy) is 2. The van der Waals surface area contributed by atoms with E-state index >= 15 is 0 Å². The third-order valence-electron chi connectivity index (χ3n) is 6.51. The van der Waals surface area contributed by atoms with Crippen molar-refractivity contribution in [3.8, 4) is 11.1 Å². The first kappa shape index (κ1) is 34.3. The molecule has 0 radical (unpaired) electrons. The molecule has 6 N–H and O–H groups in total. The van der Waals surface area contributed by atoms with Crippen LogP contribution in [-0.4, -0.2) is 88.9 Å². The number of aliphatic carboxylic acids is 1. The SMILES string of the molecule is CO[C@]1(C(=O)[O-])C[C@H](O)[C@@H](NC(C)=O)[C@H]([C@H](O)[C@H](O)CNC(=O)C(=O)NCc2ccc(-c3ccccc3)cc2)O1.[Na+]. The average molecular weight is 582 g/mol. The molecular weight excluding hydrogens is 549 g/mol. The minimum atomic E-state index is -2.47. The van der Waals surface area contributed by atoms with E-state index in [1.165, 1.54) is 0 Å². The van der Waals surface area contributed by atoms with Crippen molar-refractivity contribution < 1.29 is 78.6 Å². The summed E-state index contributed by atoms with van der Waals surface area (Å²) in [5, 5.41) is 50.3. The first-order valence-corrected chi connectivity index (χ1v) is 12.4. The Balaban J connectivity index is 0.00000588. The van der Waals surface area contributed by atoms with E-state index in [1.54, 1.807) is 12.1 Å². The van der Waals surface area contributed by atoms with Crippen LogP contribution in [0.15, 0.2) is 54.6 Å². The molecule has 0 saturated carbocycles. The summed E-state index contributed by atoms with van der Waals surface area (Å²) in [6.45, 7) is 0.536. The molecule has 216 valence electrons. The molecule has 1 aliphatic heterocycles. The summed E-state index contributed by atoms with van der Waals surface area (Å²) in [5.74, 6) is -7.04. The molecule has 0 spiro atoms. The van der Waals surface area contributed by atoms with Crippen LogP contribution in [-0.2, 0) is 35.2 Å². The second kappa shape index (κ2) is 15.4. The number of aliphatic hydroxyl groups excluding tert-OH is 3. The summed E-state index contributed by atoms with van der Waals surface area (Å²) < 4.78 is 10.2. The Labute approximate surface area is 258 Å². The smallest absolute Gasteiger partial charge is 0.544 e. The molecule has 2 aromatic carbocycles. The number of carbonyl (C=O) groups is 4. The van der Waals surface area contributed by atoms with E-state index in [4.69, 9.17) is 9.47 Å². The van der Waals surface area contributed by atoms with Gasteiger partial charge >= 0.3 is 41.4 Å². The number of benzene rings is 2. The summed E-state index contributed by atoms with van der Waals surface area (Å²) >= 11 is 0. The minimum absolute atomic E-state index is 0. The van der Waals surface area contributed by atoms with Gasteiger partial charge in [-0.3, -0.25) is 14.4 Å². The number of carbonyl (C=O) groups excluding carboxylic acids is 4. The summed E-state index contributed by atoms with van der Waals surface area (Å²) in [4.78, 5) is 47.8. The van der Waals surface area contributed by atoms with E-state index in [0.29, 0.717) is 0 Å². The van der Waals surface area contributed by atoms with Gasteiger partial charge in [-0.25, -0.2) is 0 Å². The van der Waals surface area contributed by atoms with Gasteiger partial charge in [0, 0.05) is 33.5 Å². The number of amides is 3. The van der Waals surface area contributed by atoms with E-state index in [2.05, 4.69) is 16.0 Å². The molecule has 0 bridgehead atoms. The fourth-order valence-corrected chi connectivity index (χ4v) is 4.33. The standard InChI is InChI=1S/C27H33N3O10.Na/c1-15(31)30-21-19(32)12-27(39-2,26(37)38)40-23(21)22(34)20(33)14-29-25(36)24(35)28-13-16-8-10-18(11-9-16)17-6-4-3-5-7-17;/h3-11,19-23,32-34H,12-14H2,1-2H3,(H,28,35)(H,29,36)(H,30,31)(H,37,38);/q;+1/p-1/t19-,20+,21+,22+,23+,27+;/m0./s1. The van der Waals surface area contributed by atoms with Crippen molar-refractivity contribution in [1.82, 2.24) is 16.0 Å². The molecule has 1 aliphatic rings. The van der Waals surface area contributed by atoms with E-state index in [-0.39, 0.29) is 36.1 Å². The maximum atomic E-state index is 12.3. The van der Waals surface area contributed by atoms with Crippen LogP contribution in [0.1, 0.15) is 18.9 Å². The maximum Gasteiger partial charge on any atom is 1.00 e. The number of aliphatic hydroxyl groups is 3. The minimum Gasteiger partial charge on any atom is -0.544 e. The molecule has 1 saturated heterocycles. The largest absolute Gasteiger partial charge is 1.00 e. The molecule has 1 heterocycles. The van der Waals surface area contributed by atoms with E-state index in [9.17, 15) is 39.6 Å². The molecule has 0 aromatic heterocycles. The van der Waals surface area contributed by atoms with Gasteiger partial charge in [0.15, 0.2) is 0 Å². The van der Waals surface area contributed by atoms with E-state index in [0.717, 1.165) is 30.7 Å². The molecule has 13 nitrogen and oxygen atoms in total. The summed E-state index contributed by atoms with van der Waals surface area (Å²) in [7, 11) is 0.984. The Hall–Kier alpha value is -2.88. The van der Waals surface area contributed by atoms with Gasteiger partial charge in [-0.1, -0.05) is 54.6 Å². The van der Waals surface area contributed by atoms with Crippen LogP contribution in [0.5, 0.6) is 0 Å². The normalized spacial score (nSPS) is 23.3. The van der Waals surface area contributed by atoms with Crippen molar-refractivity contribution in [2.24, 2.45) is 0 Å². The van der Waals surface area contributed by atoms with Gasteiger partial charge < -0.3 is 50.6 Å². The first-order chi connectivity index (χ1) is 19.0. The molecule has 0 unspecified atom stereocenters. The van der Waals surface area contributed by atoms with Gasteiger partial charge in [0.25, 0.3) is 0 Å². The van der Waals surface area contributed by atoms with Crippen molar-refractivity contribution in [2.45, 2.75) is 56.1 Å². The second-order valence-electron chi connectivity index (χ2n) is 9.34. The van der Waals surface area contributed by atoms with Crippen LogP contribution in [0, 0.1) is 0 Å². The molecule has 2 aromatic rings. The average Bonchev–Trinajstić information content (AvgIpc) is 2.95. The molecule has 0 aliphatic carbocycles. The Bertz CT molecular complexity index is 1200. The Morgan fingerprint density at radius 1 is 1.02 bits per heavy atom. The quantitative estimate of drug-likeness (QED) is 0.116. The van der Waals surface area contributed by atoms with Crippen molar-refractivity contribution in [2.75, 3.05) is 13.7 Å². The number of hydrogen-bond donors (Lipinski definition) is 6. The molecular formula is C27H32N3NaO10. The van der Waals surface area contributed by atoms with Crippen molar-refractivity contribution in [3.05, 3.63) is 60.2 Å². The van der Waals surface area contributed by atoms with E-state index < -0.39 is 72.9 Å². The second-order valence-corrected chi connectivity index (χ2v) is 9.34. The van der Waals surface area contributed by atoms with Crippen molar-refractivity contribution in [1.29, 1.82) is 0 Å². The summed E-state index contributed by atoms with van der Waals surface area (Å²) in [6.07, 6.45) is -7.63. The van der Waals surface area contributed by atoms with Gasteiger partial charge in [-0.05, 0) is 16.7 Å². The Morgan fingerprint density at radius 2 is 1.61 bits per heavy atom. The fourth-order valence-electron chi connectivity index (χ4n) is 4.33. The fraction of sp³-hybridized carbons (Fsp3) is 0.407. The topological polar surface area (TPSA) is 207 Å². The van der Waals surface area contributed by atoms with Crippen LogP contribution in [0.2, 0.25) is 0 Å². The van der Waals surface area contributed by atoms with Gasteiger partial charge in [0.05, 0.1) is 18.2 Å². The number of carboxylic acids is 1. The van der Waals surface area contributed by atoms with Crippen LogP contribution < -0.4 is 50.6 Å². The zero-order chi connectivity index (χ0) is 29.4. The zero-order valence-electron chi connectivity index (χ0n) is 22.9. The third kappa shape index (κ3) is 8.80. The van der Waals surface area contributed by atoms with Crippen LogP contribution in [0.25, 0.3) is 11.1 Å². The summed E-state index contributed by atoms with van der Waals surface area (Å²) in [6, 6.07) is 15.7. The van der Waals surface area contributed by atoms with Crippen LogP contribution >= 0.6 is 0 Å². The predicted octanol–water partition coefficient (Wildman–Crippen LogP) is -5.44. The number of rotatable bonds is 10.